The molecule has 2 aromatic rings. The van der Waals surface area contributed by atoms with Crippen molar-refractivity contribution in [2.75, 3.05) is 11.4 Å². The second-order valence-corrected chi connectivity index (χ2v) is 6.89. The van der Waals surface area contributed by atoms with Crippen LogP contribution in [0.1, 0.15) is 30.4 Å². The lowest BCUT2D eigenvalue weighted by molar-refractivity contribution is -0.147. The van der Waals surface area contributed by atoms with Gasteiger partial charge in [0.2, 0.25) is 5.91 Å². The number of esters is 1. The third-order valence-corrected chi connectivity index (χ3v) is 5.17. The Balaban J connectivity index is 1.63. The first-order valence-corrected chi connectivity index (χ1v) is 8.78. The number of pyridine rings is 1. The number of hydrogen-bond donors (Lipinski definition) is 0. The first-order chi connectivity index (χ1) is 12.6. The minimum atomic E-state index is -0.833. The summed E-state index contributed by atoms with van der Waals surface area (Å²) >= 11 is 0. The Labute approximate surface area is 152 Å². The third-order valence-electron chi connectivity index (χ3n) is 5.17. The molecule has 0 unspecified atom stereocenters. The summed E-state index contributed by atoms with van der Waals surface area (Å²) in [7, 11) is 0. The number of carbonyl (C=O) groups excluding carboxylic acids is 2. The molecule has 0 fully saturated rings. The minimum absolute atomic E-state index is 0.00567. The number of carbonyl (C=O) groups is 2. The molecule has 0 aliphatic carbocycles. The van der Waals surface area contributed by atoms with Crippen molar-refractivity contribution >= 4 is 17.7 Å². The molecule has 2 aliphatic heterocycles. The fourth-order valence-corrected chi connectivity index (χ4v) is 3.78. The number of hydrogen-bond acceptors (Lipinski definition) is 4. The maximum absolute atomic E-state index is 13.1. The van der Waals surface area contributed by atoms with E-state index in [1.54, 1.807) is 17.2 Å². The molecule has 4 rings (SSSR count). The van der Waals surface area contributed by atoms with Gasteiger partial charge in [0.25, 0.3) is 0 Å². The summed E-state index contributed by atoms with van der Waals surface area (Å²) in [6, 6.07) is 13.6. The van der Waals surface area contributed by atoms with Crippen LogP contribution in [-0.4, -0.2) is 29.0 Å². The van der Waals surface area contributed by atoms with Gasteiger partial charge in [-0.15, -0.1) is 0 Å². The largest absolute Gasteiger partial charge is 0.451 e. The van der Waals surface area contributed by atoms with E-state index in [0.29, 0.717) is 6.54 Å². The molecule has 132 valence electrons. The average molecular weight is 348 g/mol. The fraction of sp³-hybridized carbons (Fsp3) is 0.286. The highest BCUT2D eigenvalue weighted by atomic mass is 16.6. The zero-order chi connectivity index (χ0) is 18.1. The van der Waals surface area contributed by atoms with E-state index in [4.69, 9.17) is 4.74 Å². The number of cyclic esters (lactones) is 1. The van der Waals surface area contributed by atoms with Gasteiger partial charge in [-0.25, -0.2) is 9.78 Å². The van der Waals surface area contributed by atoms with E-state index in [-0.39, 0.29) is 24.2 Å². The SMILES string of the molecule is C[C@@]1([C@@H](CC(=O)N2CCc3cccnc32)c2ccccc2)C=CC(=O)O1. The predicted molar refractivity (Wildman–Crippen MR) is 97.7 cm³/mol. The van der Waals surface area contributed by atoms with Crippen LogP contribution >= 0.6 is 0 Å². The van der Waals surface area contributed by atoms with Gasteiger partial charge in [-0.2, -0.15) is 0 Å². The van der Waals surface area contributed by atoms with Crippen molar-refractivity contribution in [2.45, 2.75) is 31.3 Å². The molecular formula is C21H20N2O3. The molecule has 1 aromatic heterocycles. The van der Waals surface area contributed by atoms with Crippen LogP contribution < -0.4 is 4.90 Å². The van der Waals surface area contributed by atoms with Gasteiger partial charge in [0.05, 0.1) is 0 Å². The van der Waals surface area contributed by atoms with Gasteiger partial charge in [0.1, 0.15) is 11.4 Å². The van der Waals surface area contributed by atoms with Crippen LogP contribution in [0.5, 0.6) is 0 Å². The molecule has 1 aromatic carbocycles. The smallest absolute Gasteiger partial charge is 0.331 e. The summed E-state index contributed by atoms with van der Waals surface area (Å²) in [6.45, 7) is 2.49. The number of ether oxygens (including phenoxy) is 1. The van der Waals surface area contributed by atoms with E-state index < -0.39 is 5.60 Å². The number of aromatic nitrogens is 1. The van der Waals surface area contributed by atoms with Gasteiger partial charge in [-0.3, -0.25) is 9.69 Å². The Morgan fingerprint density at radius 3 is 2.81 bits per heavy atom. The van der Waals surface area contributed by atoms with Crippen LogP contribution in [0, 0.1) is 0 Å². The molecule has 5 heteroatoms. The molecule has 2 aliphatic rings. The highest BCUT2D eigenvalue weighted by Gasteiger charge is 2.42. The zero-order valence-electron chi connectivity index (χ0n) is 14.6. The first-order valence-electron chi connectivity index (χ1n) is 8.78. The van der Waals surface area contributed by atoms with Gasteiger partial charge < -0.3 is 4.74 Å². The van der Waals surface area contributed by atoms with E-state index in [2.05, 4.69) is 4.98 Å². The molecule has 0 bridgehead atoms. The lowest BCUT2D eigenvalue weighted by atomic mass is 9.81. The normalized spacial score (nSPS) is 22.2. The lowest BCUT2D eigenvalue weighted by Gasteiger charge is -2.32. The average Bonchev–Trinajstić information content (AvgIpc) is 3.24. The summed E-state index contributed by atoms with van der Waals surface area (Å²) in [6.07, 6.45) is 5.97. The maximum Gasteiger partial charge on any atom is 0.331 e. The first kappa shape index (κ1) is 16.5. The van der Waals surface area contributed by atoms with Crippen molar-refractivity contribution in [2.24, 2.45) is 0 Å². The summed E-state index contributed by atoms with van der Waals surface area (Å²) in [5.74, 6) is 0.114. The molecule has 0 saturated heterocycles. The molecule has 5 nitrogen and oxygen atoms in total. The number of benzene rings is 1. The molecular weight excluding hydrogens is 328 g/mol. The zero-order valence-corrected chi connectivity index (χ0v) is 14.6. The summed E-state index contributed by atoms with van der Waals surface area (Å²) in [5, 5.41) is 0. The maximum atomic E-state index is 13.1. The van der Waals surface area contributed by atoms with E-state index in [1.165, 1.54) is 6.08 Å². The van der Waals surface area contributed by atoms with Crippen molar-refractivity contribution in [1.82, 2.24) is 4.98 Å². The second kappa shape index (κ2) is 6.41. The fourth-order valence-electron chi connectivity index (χ4n) is 3.78. The minimum Gasteiger partial charge on any atom is -0.451 e. The monoisotopic (exact) mass is 348 g/mol. The number of rotatable bonds is 4. The summed E-state index contributed by atoms with van der Waals surface area (Å²) in [4.78, 5) is 30.9. The number of amides is 1. The Morgan fingerprint density at radius 2 is 2.08 bits per heavy atom. The van der Waals surface area contributed by atoms with Gasteiger partial charge in [0.15, 0.2) is 0 Å². The molecule has 1 amide bonds. The van der Waals surface area contributed by atoms with Crippen LogP contribution in [0.15, 0.2) is 60.8 Å². The van der Waals surface area contributed by atoms with Crippen molar-refractivity contribution in [1.29, 1.82) is 0 Å². The van der Waals surface area contributed by atoms with Gasteiger partial charge >= 0.3 is 5.97 Å². The second-order valence-electron chi connectivity index (χ2n) is 6.89. The molecule has 26 heavy (non-hydrogen) atoms. The highest BCUT2D eigenvalue weighted by molar-refractivity contribution is 5.95. The Morgan fingerprint density at radius 1 is 1.27 bits per heavy atom. The molecule has 0 spiro atoms. The quantitative estimate of drug-likeness (QED) is 0.797. The lowest BCUT2D eigenvalue weighted by Crippen LogP contribution is -2.38. The number of anilines is 1. The van der Waals surface area contributed by atoms with Crippen LogP contribution in [-0.2, 0) is 20.7 Å². The van der Waals surface area contributed by atoms with Gasteiger partial charge in [0, 0.05) is 31.2 Å². The predicted octanol–water partition coefficient (Wildman–Crippen LogP) is 3.02. The van der Waals surface area contributed by atoms with Crippen molar-refractivity contribution in [3.8, 4) is 0 Å². The molecule has 0 radical (unpaired) electrons. The van der Waals surface area contributed by atoms with E-state index >= 15 is 0 Å². The van der Waals surface area contributed by atoms with Gasteiger partial charge in [-0.05, 0) is 36.6 Å². The summed E-state index contributed by atoms with van der Waals surface area (Å²) < 4.78 is 5.56. The third kappa shape index (κ3) is 2.90. The molecule has 2 atom stereocenters. The van der Waals surface area contributed by atoms with Gasteiger partial charge in [-0.1, -0.05) is 36.4 Å². The topological polar surface area (TPSA) is 59.5 Å². The van der Waals surface area contributed by atoms with E-state index in [0.717, 1.165) is 23.4 Å². The Kier molecular flexibility index (Phi) is 4.07. The van der Waals surface area contributed by atoms with E-state index in [9.17, 15) is 9.59 Å². The molecule has 0 N–H and O–H groups in total. The van der Waals surface area contributed by atoms with Crippen LogP contribution in [0.25, 0.3) is 0 Å². The molecule has 0 saturated carbocycles. The van der Waals surface area contributed by atoms with E-state index in [1.807, 2.05) is 49.4 Å². The molecule has 3 heterocycles. The standard InChI is InChI=1S/C21H20N2O3/c1-21(11-9-19(25)26-21)17(15-6-3-2-4-7-15)14-18(24)23-13-10-16-8-5-12-22-20(16)23/h2-9,11-12,17H,10,13-14H2,1H3/t17-,21-/m0/s1. The Bertz CT molecular complexity index is 878. The van der Waals surface area contributed by atoms with Crippen molar-refractivity contribution < 1.29 is 14.3 Å². The van der Waals surface area contributed by atoms with Crippen LogP contribution in [0.2, 0.25) is 0 Å². The van der Waals surface area contributed by atoms with Crippen molar-refractivity contribution in [3.05, 3.63) is 71.9 Å². The summed E-state index contributed by atoms with van der Waals surface area (Å²) in [5.41, 5.74) is 1.24. The highest BCUT2D eigenvalue weighted by Crippen LogP contribution is 2.39. The van der Waals surface area contributed by atoms with Crippen LogP contribution in [0.3, 0.4) is 0 Å². The Hall–Kier alpha value is -2.95. The van der Waals surface area contributed by atoms with Crippen LogP contribution in [0.4, 0.5) is 5.82 Å². The number of nitrogens with zero attached hydrogens (tertiary/aromatic N) is 2. The van der Waals surface area contributed by atoms with Crippen molar-refractivity contribution in [3.63, 3.8) is 0 Å². The number of fused-ring (bicyclic) bond motifs is 1.